The molecule has 3 heteroatoms. The summed E-state index contributed by atoms with van der Waals surface area (Å²) in [7, 11) is 0. The zero-order valence-electron chi connectivity index (χ0n) is 8.54. The van der Waals surface area contributed by atoms with Gasteiger partial charge in [-0.1, -0.05) is 30.8 Å². The molecule has 1 aliphatic rings. The van der Waals surface area contributed by atoms with Gasteiger partial charge in [0.05, 0.1) is 0 Å². The number of rotatable bonds is 2. The number of hydrogen-bond acceptors (Lipinski definition) is 3. The third-order valence-electron chi connectivity index (χ3n) is 3.16. The van der Waals surface area contributed by atoms with Crippen LogP contribution in [-0.2, 0) is 6.54 Å². The first kappa shape index (κ1) is 9.71. The minimum absolute atomic E-state index is 0.502. The molecule has 3 nitrogen and oxygen atoms in total. The summed E-state index contributed by atoms with van der Waals surface area (Å²) in [6.45, 7) is 0.502. The molecule has 1 fully saturated rings. The van der Waals surface area contributed by atoms with Gasteiger partial charge in [0.25, 0.3) is 0 Å². The van der Waals surface area contributed by atoms with Crippen molar-refractivity contribution in [2.24, 2.45) is 5.73 Å². The van der Waals surface area contributed by atoms with E-state index in [0.29, 0.717) is 12.5 Å². The number of aromatic nitrogens is 1. The van der Waals surface area contributed by atoms with Gasteiger partial charge in [-0.15, -0.1) is 0 Å². The first-order valence-corrected chi connectivity index (χ1v) is 5.55. The SMILES string of the molecule is NCc1nocc1C1CCCCCC1. The normalized spacial score (nSPS) is 19.5. The Balaban J connectivity index is 2.11. The van der Waals surface area contributed by atoms with Crippen LogP contribution in [0.5, 0.6) is 0 Å². The van der Waals surface area contributed by atoms with E-state index in [0.717, 1.165) is 5.69 Å². The number of nitrogens with two attached hydrogens (primary N) is 1. The molecule has 0 bridgehead atoms. The lowest BCUT2D eigenvalue weighted by atomic mass is 9.92. The predicted molar refractivity (Wildman–Crippen MR) is 54.8 cm³/mol. The van der Waals surface area contributed by atoms with Crippen LogP contribution in [-0.4, -0.2) is 5.16 Å². The molecule has 0 atom stereocenters. The second kappa shape index (κ2) is 4.60. The van der Waals surface area contributed by atoms with Gasteiger partial charge >= 0.3 is 0 Å². The van der Waals surface area contributed by atoms with E-state index in [4.69, 9.17) is 10.3 Å². The summed E-state index contributed by atoms with van der Waals surface area (Å²) in [4.78, 5) is 0. The first-order chi connectivity index (χ1) is 6.92. The summed E-state index contributed by atoms with van der Waals surface area (Å²) in [5, 5.41) is 3.94. The van der Waals surface area contributed by atoms with Gasteiger partial charge in [-0.05, 0) is 18.8 Å². The summed E-state index contributed by atoms with van der Waals surface area (Å²) in [5.41, 5.74) is 7.83. The van der Waals surface area contributed by atoms with Crippen LogP contribution in [0.2, 0.25) is 0 Å². The van der Waals surface area contributed by atoms with E-state index < -0.39 is 0 Å². The van der Waals surface area contributed by atoms with Crippen LogP contribution in [0.4, 0.5) is 0 Å². The summed E-state index contributed by atoms with van der Waals surface area (Å²) in [6.07, 6.45) is 9.75. The van der Waals surface area contributed by atoms with E-state index in [1.807, 2.05) is 0 Å². The third kappa shape index (κ3) is 1.98. The van der Waals surface area contributed by atoms with Crippen molar-refractivity contribution in [3.05, 3.63) is 17.5 Å². The van der Waals surface area contributed by atoms with Crippen molar-refractivity contribution >= 4 is 0 Å². The summed E-state index contributed by atoms with van der Waals surface area (Å²) < 4.78 is 5.00. The van der Waals surface area contributed by atoms with Gasteiger partial charge in [-0.3, -0.25) is 0 Å². The lowest BCUT2D eigenvalue weighted by Crippen LogP contribution is -2.04. The van der Waals surface area contributed by atoms with Crippen molar-refractivity contribution < 1.29 is 4.52 Å². The second-order valence-electron chi connectivity index (χ2n) is 4.11. The lowest BCUT2D eigenvalue weighted by Gasteiger charge is -2.12. The fraction of sp³-hybridized carbons (Fsp3) is 0.727. The van der Waals surface area contributed by atoms with Gasteiger partial charge in [0, 0.05) is 12.1 Å². The highest BCUT2D eigenvalue weighted by Gasteiger charge is 2.19. The maximum absolute atomic E-state index is 5.62. The van der Waals surface area contributed by atoms with Crippen molar-refractivity contribution in [2.45, 2.75) is 51.0 Å². The molecule has 0 aromatic carbocycles. The van der Waals surface area contributed by atoms with Crippen LogP contribution >= 0.6 is 0 Å². The fourth-order valence-corrected chi connectivity index (χ4v) is 2.34. The summed E-state index contributed by atoms with van der Waals surface area (Å²) >= 11 is 0. The van der Waals surface area contributed by atoms with E-state index in [1.165, 1.54) is 44.1 Å². The summed E-state index contributed by atoms with van der Waals surface area (Å²) in [6, 6.07) is 0. The molecule has 0 aliphatic heterocycles. The molecule has 2 N–H and O–H groups in total. The topological polar surface area (TPSA) is 52.0 Å². The molecule has 1 aromatic rings. The molecular weight excluding hydrogens is 176 g/mol. The second-order valence-corrected chi connectivity index (χ2v) is 4.11. The Kier molecular flexibility index (Phi) is 3.19. The molecule has 0 spiro atoms. The third-order valence-corrected chi connectivity index (χ3v) is 3.16. The molecular formula is C11H18N2O. The molecule has 0 radical (unpaired) electrons. The van der Waals surface area contributed by atoms with E-state index in [9.17, 15) is 0 Å². The van der Waals surface area contributed by atoms with Gasteiger partial charge in [0.15, 0.2) is 0 Å². The average molecular weight is 194 g/mol. The van der Waals surface area contributed by atoms with Crippen molar-refractivity contribution in [1.29, 1.82) is 0 Å². The fourth-order valence-electron chi connectivity index (χ4n) is 2.34. The maximum atomic E-state index is 5.62. The Hall–Kier alpha value is -0.830. The van der Waals surface area contributed by atoms with Crippen molar-refractivity contribution in [1.82, 2.24) is 5.16 Å². The van der Waals surface area contributed by atoms with Crippen LogP contribution in [0, 0.1) is 0 Å². The Morgan fingerprint density at radius 3 is 2.64 bits per heavy atom. The zero-order chi connectivity index (χ0) is 9.80. The molecule has 1 saturated carbocycles. The van der Waals surface area contributed by atoms with Crippen molar-refractivity contribution in [2.75, 3.05) is 0 Å². The van der Waals surface area contributed by atoms with E-state index in [1.54, 1.807) is 6.26 Å². The molecule has 1 aromatic heterocycles. The molecule has 14 heavy (non-hydrogen) atoms. The summed E-state index contributed by atoms with van der Waals surface area (Å²) in [5.74, 6) is 0.641. The number of hydrogen-bond donors (Lipinski definition) is 1. The Morgan fingerprint density at radius 2 is 2.00 bits per heavy atom. The molecule has 1 aliphatic carbocycles. The van der Waals surface area contributed by atoms with Crippen molar-refractivity contribution in [3.63, 3.8) is 0 Å². The molecule has 0 amide bonds. The quantitative estimate of drug-likeness (QED) is 0.736. The minimum atomic E-state index is 0.502. The molecule has 1 heterocycles. The first-order valence-electron chi connectivity index (χ1n) is 5.55. The highest BCUT2D eigenvalue weighted by molar-refractivity contribution is 5.19. The maximum Gasteiger partial charge on any atom is 0.127 e. The van der Waals surface area contributed by atoms with Crippen LogP contribution in [0.3, 0.4) is 0 Å². The lowest BCUT2D eigenvalue weighted by molar-refractivity contribution is 0.410. The molecule has 2 rings (SSSR count). The van der Waals surface area contributed by atoms with Gasteiger partial charge in [0.2, 0.25) is 0 Å². The van der Waals surface area contributed by atoms with Crippen LogP contribution in [0.1, 0.15) is 55.7 Å². The van der Waals surface area contributed by atoms with Gasteiger partial charge in [0.1, 0.15) is 12.0 Å². The van der Waals surface area contributed by atoms with E-state index in [2.05, 4.69) is 5.16 Å². The van der Waals surface area contributed by atoms with Crippen LogP contribution in [0.25, 0.3) is 0 Å². The van der Waals surface area contributed by atoms with Gasteiger partial charge in [-0.25, -0.2) is 0 Å². The van der Waals surface area contributed by atoms with E-state index in [-0.39, 0.29) is 0 Å². The predicted octanol–water partition coefficient (Wildman–Crippen LogP) is 2.57. The van der Waals surface area contributed by atoms with Gasteiger partial charge < -0.3 is 10.3 Å². The number of nitrogens with zero attached hydrogens (tertiary/aromatic N) is 1. The monoisotopic (exact) mass is 194 g/mol. The Morgan fingerprint density at radius 1 is 1.29 bits per heavy atom. The standard InChI is InChI=1S/C11H18N2O/c12-7-11-10(8-14-13-11)9-5-3-1-2-4-6-9/h8-9H,1-7,12H2. The zero-order valence-corrected chi connectivity index (χ0v) is 8.54. The average Bonchev–Trinajstić information content (AvgIpc) is 2.52. The molecule has 0 saturated heterocycles. The van der Waals surface area contributed by atoms with Crippen LogP contribution < -0.4 is 5.73 Å². The highest BCUT2D eigenvalue weighted by atomic mass is 16.5. The molecule has 78 valence electrons. The van der Waals surface area contributed by atoms with Crippen LogP contribution in [0.15, 0.2) is 10.8 Å². The van der Waals surface area contributed by atoms with Gasteiger partial charge in [-0.2, -0.15) is 0 Å². The van der Waals surface area contributed by atoms with Crippen molar-refractivity contribution in [3.8, 4) is 0 Å². The largest absolute Gasteiger partial charge is 0.364 e. The minimum Gasteiger partial charge on any atom is -0.364 e. The Labute approximate surface area is 84.7 Å². The Bertz CT molecular complexity index is 275. The smallest absolute Gasteiger partial charge is 0.127 e. The van der Waals surface area contributed by atoms with E-state index >= 15 is 0 Å². The molecule has 0 unspecified atom stereocenters. The highest BCUT2D eigenvalue weighted by Crippen LogP contribution is 2.32.